The Balaban J connectivity index is 2.56. The second kappa shape index (κ2) is 5.17. The van der Waals surface area contributed by atoms with Gasteiger partial charge in [-0.1, -0.05) is 17.7 Å². The fourth-order valence-electron chi connectivity index (χ4n) is 1.11. The van der Waals surface area contributed by atoms with E-state index in [1.54, 1.807) is 13.0 Å². The maximum absolute atomic E-state index is 9.13. The molecule has 78 valence electrons. The van der Waals surface area contributed by atoms with Gasteiger partial charge in [-0.3, -0.25) is 0 Å². The van der Waals surface area contributed by atoms with Crippen molar-refractivity contribution in [3.05, 3.63) is 23.4 Å². The summed E-state index contributed by atoms with van der Waals surface area (Å²) in [6.45, 7) is 2.55. The van der Waals surface area contributed by atoms with E-state index in [0.29, 0.717) is 5.15 Å². The van der Waals surface area contributed by atoms with Crippen molar-refractivity contribution in [2.75, 3.05) is 18.5 Å². The Morgan fingerprint density at radius 3 is 2.86 bits per heavy atom. The minimum atomic E-state index is -0.281. The van der Waals surface area contributed by atoms with Gasteiger partial charge in [-0.25, -0.2) is 4.98 Å². The van der Waals surface area contributed by atoms with Crippen LogP contribution in [0.4, 0.5) is 5.82 Å². The third-order valence-corrected chi connectivity index (χ3v) is 2.18. The molecule has 1 rings (SSSR count). The van der Waals surface area contributed by atoms with E-state index in [-0.39, 0.29) is 6.10 Å². The molecule has 0 aliphatic carbocycles. The Hall–Kier alpha value is -0.800. The van der Waals surface area contributed by atoms with E-state index < -0.39 is 0 Å². The summed E-state index contributed by atoms with van der Waals surface area (Å²) < 4.78 is 0. The number of hydrogen-bond acceptors (Lipinski definition) is 3. The van der Waals surface area contributed by atoms with Gasteiger partial charge in [0.25, 0.3) is 0 Å². The van der Waals surface area contributed by atoms with Crippen LogP contribution in [0.3, 0.4) is 0 Å². The quantitative estimate of drug-likeness (QED) is 0.779. The van der Waals surface area contributed by atoms with Crippen molar-refractivity contribution in [2.24, 2.45) is 0 Å². The van der Waals surface area contributed by atoms with Gasteiger partial charge in [-0.05, 0) is 25.5 Å². The lowest BCUT2D eigenvalue weighted by Crippen LogP contribution is -2.22. The van der Waals surface area contributed by atoms with Crippen LogP contribution in [0.2, 0.25) is 5.15 Å². The molecule has 0 spiro atoms. The van der Waals surface area contributed by atoms with Gasteiger partial charge in [0.1, 0.15) is 11.0 Å². The number of nitrogens with zero attached hydrogens (tertiary/aromatic N) is 2. The number of rotatable bonds is 4. The van der Waals surface area contributed by atoms with Crippen molar-refractivity contribution < 1.29 is 5.11 Å². The predicted octanol–water partition coefficient (Wildman–Crippen LogP) is 1.94. The number of pyridine rings is 1. The van der Waals surface area contributed by atoms with Crippen LogP contribution < -0.4 is 4.90 Å². The molecular weight excluding hydrogens is 200 g/mol. The average Bonchev–Trinajstić information content (AvgIpc) is 2.14. The number of hydrogen-bond donors (Lipinski definition) is 1. The smallest absolute Gasteiger partial charge is 0.131 e. The third-order valence-electron chi connectivity index (χ3n) is 1.97. The van der Waals surface area contributed by atoms with Crippen LogP contribution in [0.5, 0.6) is 0 Å². The first-order valence-electron chi connectivity index (χ1n) is 4.61. The second-order valence-electron chi connectivity index (χ2n) is 3.38. The van der Waals surface area contributed by atoms with Crippen molar-refractivity contribution in [2.45, 2.75) is 19.4 Å². The molecule has 4 heteroatoms. The topological polar surface area (TPSA) is 36.4 Å². The van der Waals surface area contributed by atoms with Gasteiger partial charge in [0, 0.05) is 13.6 Å². The number of anilines is 1. The van der Waals surface area contributed by atoms with Crippen LogP contribution in [-0.4, -0.2) is 29.8 Å². The standard InChI is InChI=1S/C10H15ClN2O/c1-8(14)6-7-13(2)10-5-3-4-9(11)12-10/h3-5,8,14H,6-7H2,1-2H3. The van der Waals surface area contributed by atoms with E-state index in [0.717, 1.165) is 18.8 Å². The molecule has 0 aromatic carbocycles. The molecule has 0 radical (unpaired) electrons. The van der Waals surface area contributed by atoms with E-state index in [4.69, 9.17) is 16.7 Å². The van der Waals surface area contributed by atoms with E-state index in [2.05, 4.69) is 4.98 Å². The summed E-state index contributed by atoms with van der Waals surface area (Å²) in [5, 5.41) is 9.62. The molecule has 1 heterocycles. The molecule has 1 N–H and O–H groups in total. The van der Waals surface area contributed by atoms with Crippen molar-refractivity contribution in [3.8, 4) is 0 Å². The van der Waals surface area contributed by atoms with Crippen LogP contribution in [0.25, 0.3) is 0 Å². The van der Waals surface area contributed by atoms with Gasteiger partial charge in [0.15, 0.2) is 0 Å². The van der Waals surface area contributed by atoms with E-state index in [1.165, 1.54) is 0 Å². The molecule has 0 bridgehead atoms. The van der Waals surface area contributed by atoms with E-state index in [9.17, 15) is 0 Å². The van der Waals surface area contributed by atoms with Gasteiger partial charge in [0.05, 0.1) is 6.10 Å². The minimum absolute atomic E-state index is 0.281. The summed E-state index contributed by atoms with van der Waals surface area (Å²) in [5.41, 5.74) is 0. The van der Waals surface area contributed by atoms with Crippen molar-refractivity contribution in [1.82, 2.24) is 4.98 Å². The van der Waals surface area contributed by atoms with Crippen LogP contribution in [0.15, 0.2) is 18.2 Å². The highest BCUT2D eigenvalue weighted by Crippen LogP contribution is 2.13. The Morgan fingerprint density at radius 2 is 2.29 bits per heavy atom. The monoisotopic (exact) mass is 214 g/mol. The number of halogens is 1. The highest BCUT2D eigenvalue weighted by molar-refractivity contribution is 6.29. The Morgan fingerprint density at radius 1 is 1.57 bits per heavy atom. The molecule has 3 nitrogen and oxygen atoms in total. The Bertz CT molecular complexity index is 291. The summed E-state index contributed by atoms with van der Waals surface area (Å²) in [4.78, 5) is 6.13. The molecular formula is C10H15ClN2O. The lowest BCUT2D eigenvalue weighted by Gasteiger charge is -2.18. The highest BCUT2D eigenvalue weighted by atomic mass is 35.5. The summed E-state index contributed by atoms with van der Waals surface area (Å²) in [7, 11) is 1.93. The van der Waals surface area contributed by atoms with Gasteiger partial charge >= 0.3 is 0 Å². The molecule has 1 aromatic heterocycles. The fourth-order valence-corrected chi connectivity index (χ4v) is 1.26. The zero-order valence-electron chi connectivity index (χ0n) is 8.44. The van der Waals surface area contributed by atoms with Gasteiger partial charge in [-0.2, -0.15) is 0 Å². The molecule has 0 aliphatic rings. The molecule has 0 aliphatic heterocycles. The fraction of sp³-hybridized carbons (Fsp3) is 0.500. The van der Waals surface area contributed by atoms with Gasteiger partial charge < -0.3 is 10.0 Å². The minimum Gasteiger partial charge on any atom is -0.393 e. The van der Waals surface area contributed by atoms with Gasteiger partial charge in [0.2, 0.25) is 0 Å². The summed E-state index contributed by atoms with van der Waals surface area (Å²) in [6, 6.07) is 5.50. The van der Waals surface area contributed by atoms with E-state index >= 15 is 0 Å². The highest BCUT2D eigenvalue weighted by Gasteiger charge is 2.04. The zero-order chi connectivity index (χ0) is 10.6. The third kappa shape index (κ3) is 3.52. The summed E-state index contributed by atoms with van der Waals surface area (Å²) in [6.07, 6.45) is 0.446. The zero-order valence-corrected chi connectivity index (χ0v) is 9.20. The molecule has 1 atom stereocenters. The summed E-state index contributed by atoms with van der Waals surface area (Å²) >= 11 is 5.76. The molecule has 0 saturated carbocycles. The van der Waals surface area contributed by atoms with Crippen molar-refractivity contribution >= 4 is 17.4 Å². The van der Waals surface area contributed by atoms with E-state index in [1.807, 2.05) is 24.1 Å². The maximum atomic E-state index is 9.13. The van der Waals surface area contributed by atoms with Crippen molar-refractivity contribution in [1.29, 1.82) is 0 Å². The van der Waals surface area contributed by atoms with Crippen LogP contribution in [0, 0.1) is 0 Å². The lowest BCUT2D eigenvalue weighted by molar-refractivity contribution is 0.187. The number of aliphatic hydroxyl groups is 1. The molecule has 0 amide bonds. The van der Waals surface area contributed by atoms with Crippen LogP contribution >= 0.6 is 11.6 Å². The largest absolute Gasteiger partial charge is 0.393 e. The second-order valence-corrected chi connectivity index (χ2v) is 3.77. The first-order valence-corrected chi connectivity index (χ1v) is 4.99. The molecule has 14 heavy (non-hydrogen) atoms. The van der Waals surface area contributed by atoms with Crippen LogP contribution in [-0.2, 0) is 0 Å². The van der Waals surface area contributed by atoms with Crippen molar-refractivity contribution in [3.63, 3.8) is 0 Å². The van der Waals surface area contributed by atoms with Crippen LogP contribution in [0.1, 0.15) is 13.3 Å². The number of aromatic nitrogens is 1. The molecule has 0 saturated heterocycles. The Labute approximate surface area is 89.3 Å². The first kappa shape index (κ1) is 11.3. The first-order chi connectivity index (χ1) is 6.59. The maximum Gasteiger partial charge on any atom is 0.131 e. The predicted molar refractivity (Wildman–Crippen MR) is 58.8 cm³/mol. The molecule has 1 unspecified atom stereocenters. The summed E-state index contributed by atoms with van der Waals surface area (Å²) in [5.74, 6) is 0.832. The molecule has 1 aromatic rings. The normalized spacial score (nSPS) is 12.6. The average molecular weight is 215 g/mol. The Kier molecular flexibility index (Phi) is 4.17. The number of aliphatic hydroxyl groups excluding tert-OH is 1. The van der Waals surface area contributed by atoms with Gasteiger partial charge in [-0.15, -0.1) is 0 Å². The SMILES string of the molecule is CC(O)CCN(C)c1cccc(Cl)n1. The lowest BCUT2D eigenvalue weighted by atomic mass is 10.3. The molecule has 0 fully saturated rings.